The average molecular weight is 263 g/mol. The van der Waals surface area contributed by atoms with Crippen LogP contribution in [-0.2, 0) is 0 Å². The SMILES string of the molecule is Cc1ccc(NC(=O)c2cc(Cl)ncc2N)cn1. The zero-order chi connectivity index (χ0) is 13.1. The maximum atomic E-state index is 12.0. The van der Waals surface area contributed by atoms with Crippen LogP contribution < -0.4 is 11.1 Å². The number of pyridine rings is 2. The molecule has 5 nitrogen and oxygen atoms in total. The summed E-state index contributed by atoms with van der Waals surface area (Å²) in [7, 11) is 0. The molecule has 0 unspecified atom stereocenters. The topological polar surface area (TPSA) is 80.9 Å². The summed E-state index contributed by atoms with van der Waals surface area (Å²) < 4.78 is 0. The minimum atomic E-state index is -0.345. The minimum Gasteiger partial charge on any atom is -0.397 e. The van der Waals surface area contributed by atoms with Crippen LogP contribution in [0.1, 0.15) is 16.1 Å². The first kappa shape index (κ1) is 12.3. The highest BCUT2D eigenvalue weighted by Gasteiger charge is 2.11. The molecule has 3 N–H and O–H groups in total. The van der Waals surface area contributed by atoms with Crippen LogP contribution in [0, 0.1) is 6.92 Å². The molecule has 0 bridgehead atoms. The van der Waals surface area contributed by atoms with Crippen LogP contribution in [0.25, 0.3) is 0 Å². The standard InChI is InChI=1S/C12H11ClN4O/c1-7-2-3-8(5-15-7)17-12(18)9-4-11(13)16-6-10(9)14/h2-6H,14H2,1H3,(H,17,18). The summed E-state index contributed by atoms with van der Waals surface area (Å²) in [5, 5.41) is 2.90. The minimum absolute atomic E-state index is 0.219. The van der Waals surface area contributed by atoms with Gasteiger partial charge in [0, 0.05) is 5.69 Å². The molecule has 2 aromatic rings. The number of nitrogens with two attached hydrogens (primary N) is 1. The van der Waals surface area contributed by atoms with Gasteiger partial charge in [-0.05, 0) is 25.1 Å². The monoisotopic (exact) mass is 262 g/mol. The molecule has 0 aromatic carbocycles. The lowest BCUT2D eigenvalue weighted by Crippen LogP contribution is -2.14. The molecule has 0 fully saturated rings. The van der Waals surface area contributed by atoms with E-state index in [4.69, 9.17) is 17.3 Å². The molecule has 0 aliphatic heterocycles. The van der Waals surface area contributed by atoms with E-state index >= 15 is 0 Å². The fraction of sp³-hybridized carbons (Fsp3) is 0.0833. The lowest BCUT2D eigenvalue weighted by molar-refractivity contribution is 0.102. The molecule has 2 rings (SSSR count). The van der Waals surface area contributed by atoms with Crippen LogP contribution in [0.2, 0.25) is 5.15 Å². The van der Waals surface area contributed by atoms with E-state index in [1.165, 1.54) is 12.3 Å². The number of hydrogen-bond acceptors (Lipinski definition) is 4. The summed E-state index contributed by atoms with van der Waals surface area (Å²) in [4.78, 5) is 19.8. The smallest absolute Gasteiger partial charge is 0.257 e. The van der Waals surface area contributed by atoms with Crippen LogP contribution in [0.15, 0.2) is 30.6 Å². The molecular weight excluding hydrogens is 252 g/mol. The number of aromatic nitrogens is 2. The number of hydrogen-bond donors (Lipinski definition) is 2. The number of halogens is 1. The number of aryl methyl sites for hydroxylation is 1. The van der Waals surface area contributed by atoms with Crippen molar-refractivity contribution < 1.29 is 4.79 Å². The molecule has 1 amide bonds. The van der Waals surface area contributed by atoms with Gasteiger partial charge in [0.1, 0.15) is 5.15 Å². The van der Waals surface area contributed by atoms with E-state index in [9.17, 15) is 4.79 Å². The van der Waals surface area contributed by atoms with Crippen molar-refractivity contribution in [3.05, 3.63) is 47.0 Å². The van der Waals surface area contributed by atoms with Gasteiger partial charge in [-0.3, -0.25) is 9.78 Å². The van der Waals surface area contributed by atoms with Gasteiger partial charge in [-0.25, -0.2) is 4.98 Å². The van der Waals surface area contributed by atoms with Crippen LogP contribution in [0.3, 0.4) is 0 Å². The fourth-order valence-corrected chi connectivity index (χ4v) is 1.54. The third kappa shape index (κ3) is 2.75. The van der Waals surface area contributed by atoms with Gasteiger partial charge < -0.3 is 11.1 Å². The van der Waals surface area contributed by atoms with E-state index in [2.05, 4.69) is 15.3 Å². The molecule has 2 heterocycles. The number of nitrogens with zero attached hydrogens (tertiary/aromatic N) is 2. The van der Waals surface area contributed by atoms with Gasteiger partial charge in [0.15, 0.2) is 0 Å². The summed E-state index contributed by atoms with van der Waals surface area (Å²) >= 11 is 5.73. The molecule has 92 valence electrons. The van der Waals surface area contributed by atoms with Gasteiger partial charge in [-0.1, -0.05) is 11.6 Å². The van der Waals surface area contributed by atoms with E-state index in [1.807, 2.05) is 6.92 Å². The Morgan fingerprint density at radius 3 is 2.78 bits per heavy atom. The van der Waals surface area contributed by atoms with E-state index in [0.717, 1.165) is 5.69 Å². The first-order chi connectivity index (χ1) is 8.56. The molecule has 18 heavy (non-hydrogen) atoms. The summed E-state index contributed by atoms with van der Waals surface area (Å²) in [6.07, 6.45) is 2.93. The number of nitrogens with one attached hydrogen (secondary N) is 1. The summed E-state index contributed by atoms with van der Waals surface area (Å²) in [6.45, 7) is 1.87. The van der Waals surface area contributed by atoms with Gasteiger partial charge in [0.05, 0.1) is 29.3 Å². The first-order valence-corrected chi connectivity index (χ1v) is 5.59. The summed E-state index contributed by atoms with van der Waals surface area (Å²) in [5.41, 5.74) is 7.70. The highest BCUT2D eigenvalue weighted by Crippen LogP contribution is 2.17. The van der Waals surface area contributed by atoms with Gasteiger partial charge in [0.2, 0.25) is 0 Å². The molecule has 0 saturated heterocycles. The highest BCUT2D eigenvalue weighted by atomic mass is 35.5. The Kier molecular flexibility index (Phi) is 3.43. The molecule has 2 aromatic heterocycles. The molecule has 0 radical (unpaired) electrons. The normalized spacial score (nSPS) is 10.1. The van der Waals surface area contributed by atoms with Crippen molar-refractivity contribution in [2.45, 2.75) is 6.92 Å². The Morgan fingerprint density at radius 2 is 2.11 bits per heavy atom. The number of amides is 1. The molecule has 0 aliphatic carbocycles. The van der Waals surface area contributed by atoms with Crippen molar-refractivity contribution in [1.82, 2.24) is 9.97 Å². The largest absolute Gasteiger partial charge is 0.397 e. The van der Waals surface area contributed by atoms with Crippen molar-refractivity contribution in [2.24, 2.45) is 0 Å². The van der Waals surface area contributed by atoms with Gasteiger partial charge >= 0.3 is 0 Å². The quantitative estimate of drug-likeness (QED) is 0.814. The molecule has 0 atom stereocenters. The van der Waals surface area contributed by atoms with Crippen molar-refractivity contribution >= 4 is 28.9 Å². The highest BCUT2D eigenvalue weighted by molar-refractivity contribution is 6.30. The van der Waals surface area contributed by atoms with Gasteiger partial charge in [-0.15, -0.1) is 0 Å². The third-order valence-electron chi connectivity index (χ3n) is 2.32. The fourth-order valence-electron chi connectivity index (χ4n) is 1.38. The first-order valence-electron chi connectivity index (χ1n) is 5.21. The van der Waals surface area contributed by atoms with Crippen molar-refractivity contribution in [2.75, 3.05) is 11.1 Å². The van der Waals surface area contributed by atoms with Crippen LogP contribution in [-0.4, -0.2) is 15.9 Å². The Hall–Kier alpha value is -2.14. The van der Waals surface area contributed by atoms with Crippen LogP contribution in [0.4, 0.5) is 11.4 Å². The molecule has 0 spiro atoms. The predicted octanol–water partition coefficient (Wildman–Crippen LogP) is 2.27. The Morgan fingerprint density at radius 1 is 1.33 bits per heavy atom. The maximum Gasteiger partial charge on any atom is 0.257 e. The van der Waals surface area contributed by atoms with Crippen LogP contribution in [0.5, 0.6) is 0 Å². The van der Waals surface area contributed by atoms with Crippen LogP contribution >= 0.6 is 11.6 Å². The van der Waals surface area contributed by atoms with Gasteiger partial charge in [-0.2, -0.15) is 0 Å². The zero-order valence-corrected chi connectivity index (χ0v) is 10.4. The summed E-state index contributed by atoms with van der Waals surface area (Å²) in [6, 6.07) is 4.99. The number of anilines is 2. The summed E-state index contributed by atoms with van der Waals surface area (Å²) in [5.74, 6) is -0.345. The van der Waals surface area contributed by atoms with E-state index in [-0.39, 0.29) is 22.3 Å². The van der Waals surface area contributed by atoms with Crippen molar-refractivity contribution in [3.8, 4) is 0 Å². The molecular formula is C12H11ClN4O. The number of nitrogen functional groups attached to an aromatic ring is 1. The second kappa shape index (κ2) is 5.01. The lowest BCUT2D eigenvalue weighted by Gasteiger charge is -2.07. The molecule has 0 saturated carbocycles. The Balaban J connectivity index is 2.21. The number of carbonyl (C=O) groups is 1. The van der Waals surface area contributed by atoms with Crippen molar-refractivity contribution in [1.29, 1.82) is 0 Å². The second-order valence-corrected chi connectivity index (χ2v) is 4.12. The Labute approximate surface area is 109 Å². The van der Waals surface area contributed by atoms with E-state index in [1.54, 1.807) is 18.3 Å². The third-order valence-corrected chi connectivity index (χ3v) is 2.52. The molecule has 0 aliphatic rings. The molecule has 6 heteroatoms. The zero-order valence-electron chi connectivity index (χ0n) is 9.64. The predicted molar refractivity (Wildman–Crippen MR) is 70.6 cm³/mol. The number of carbonyl (C=O) groups excluding carboxylic acids is 1. The van der Waals surface area contributed by atoms with Crippen molar-refractivity contribution in [3.63, 3.8) is 0 Å². The van der Waals surface area contributed by atoms with E-state index < -0.39 is 0 Å². The van der Waals surface area contributed by atoms with Gasteiger partial charge in [0.25, 0.3) is 5.91 Å². The Bertz CT molecular complexity index is 583. The van der Waals surface area contributed by atoms with E-state index in [0.29, 0.717) is 5.69 Å². The lowest BCUT2D eigenvalue weighted by atomic mass is 10.2. The average Bonchev–Trinajstić information content (AvgIpc) is 2.35. The number of rotatable bonds is 2. The maximum absolute atomic E-state index is 12.0. The second-order valence-electron chi connectivity index (χ2n) is 3.74.